The number of carbonyl (C=O) groups is 1. The van der Waals surface area contributed by atoms with Gasteiger partial charge in [0.15, 0.2) is 0 Å². The van der Waals surface area contributed by atoms with Gasteiger partial charge in [-0.1, -0.05) is 41.9 Å². The molecule has 0 fully saturated rings. The molecule has 0 unspecified atom stereocenters. The van der Waals surface area contributed by atoms with Crippen LogP contribution in [0, 0.1) is 5.82 Å². The van der Waals surface area contributed by atoms with Crippen LogP contribution in [-0.2, 0) is 13.1 Å². The summed E-state index contributed by atoms with van der Waals surface area (Å²) in [5.41, 5.74) is 0.812. The van der Waals surface area contributed by atoms with Crippen molar-refractivity contribution in [3.05, 3.63) is 94.7 Å². The van der Waals surface area contributed by atoms with Gasteiger partial charge in [0, 0.05) is 12.1 Å². The van der Waals surface area contributed by atoms with Gasteiger partial charge in [0.1, 0.15) is 11.6 Å². The summed E-state index contributed by atoms with van der Waals surface area (Å²) in [6, 6.07) is 16.7. The molecule has 0 aliphatic carbocycles. The van der Waals surface area contributed by atoms with Gasteiger partial charge in [-0.3, -0.25) is 4.79 Å². The second kappa shape index (κ2) is 7.32. The zero-order chi connectivity index (χ0) is 16.9. The molecule has 1 aromatic heterocycles. The Morgan fingerprint density at radius 1 is 1.00 bits per heavy atom. The fourth-order valence-corrected chi connectivity index (χ4v) is 2.64. The zero-order valence-corrected chi connectivity index (χ0v) is 13.5. The Labute approximate surface area is 144 Å². The van der Waals surface area contributed by atoms with Crippen molar-refractivity contribution >= 4 is 17.5 Å². The Balaban J connectivity index is 1.91. The molecule has 3 nitrogen and oxygen atoms in total. The first kappa shape index (κ1) is 16.3. The van der Waals surface area contributed by atoms with E-state index in [1.807, 2.05) is 0 Å². The topological polar surface area (TPSA) is 33.5 Å². The molecule has 0 N–H and O–H groups in total. The quantitative estimate of drug-likeness (QED) is 0.659. The van der Waals surface area contributed by atoms with E-state index >= 15 is 0 Å². The Morgan fingerprint density at radius 2 is 1.75 bits per heavy atom. The van der Waals surface area contributed by atoms with Crippen molar-refractivity contribution in [3.63, 3.8) is 0 Å². The minimum atomic E-state index is -0.353. The van der Waals surface area contributed by atoms with Crippen LogP contribution in [0.25, 0.3) is 0 Å². The van der Waals surface area contributed by atoms with Gasteiger partial charge in [0.2, 0.25) is 0 Å². The Hall–Kier alpha value is -2.59. The first-order chi connectivity index (χ1) is 11.6. The number of halogens is 2. The second-order valence-electron chi connectivity index (χ2n) is 5.31. The minimum Gasteiger partial charge on any atom is -0.467 e. The maximum Gasteiger partial charge on any atom is 0.256 e. The van der Waals surface area contributed by atoms with E-state index in [9.17, 15) is 9.18 Å². The third kappa shape index (κ3) is 3.66. The molecule has 3 aromatic rings. The molecule has 24 heavy (non-hydrogen) atoms. The van der Waals surface area contributed by atoms with Gasteiger partial charge in [-0.2, -0.15) is 0 Å². The van der Waals surface area contributed by atoms with Gasteiger partial charge < -0.3 is 9.32 Å². The average molecular weight is 344 g/mol. The number of hydrogen-bond acceptors (Lipinski definition) is 2. The molecule has 0 aliphatic heterocycles. The summed E-state index contributed by atoms with van der Waals surface area (Å²) >= 11 is 6.13. The van der Waals surface area contributed by atoms with Crippen LogP contribution in [0.15, 0.2) is 71.3 Å². The lowest BCUT2D eigenvalue weighted by atomic mass is 10.1. The van der Waals surface area contributed by atoms with Crippen molar-refractivity contribution < 1.29 is 13.6 Å². The number of benzene rings is 2. The van der Waals surface area contributed by atoms with Gasteiger partial charge in [0.25, 0.3) is 5.91 Å². The fourth-order valence-electron chi connectivity index (χ4n) is 2.43. The number of rotatable bonds is 5. The van der Waals surface area contributed by atoms with E-state index in [0.717, 1.165) is 0 Å². The Morgan fingerprint density at radius 3 is 2.46 bits per heavy atom. The number of furan rings is 1. The highest BCUT2D eigenvalue weighted by Gasteiger charge is 2.20. The molecule has 0 radical (unpaired) electrons. The minimum absolute atomic E-state index is 0.122. The molecule has 0 aliphatic rings. The van der Waals surface area contributed by atoms with Gasteiger partial charge >= 0.3 is 0 Å². The maximum atomic E-state index is 14.0. The Bertz CT molecular complexity index is 833. The van der Waals surface area contributed by atoms with Crippen molar-refractivity contribution in [2.45, 2.75) is 13.1 Å². The summed E-state index contributed by atoms with van der Waals surface area (Å²) in [5, 5.41) is 0.362. The Kier molecular flexibility index (Phi) is 4.96. The van der Waals surface area contributed by atoms with Crippen LogP contribution in [0.1, 0.15) is 21.7 Å². The largest absolute Gasteiger partial charge is 0.467 e. The van der Waals surface area contributed by atoms with Gasteiger partial charge in [-0.25, -0.2) is 4.39 Å². The second-order valence-corrected chi connectivity index (χ2v) is 5.72. The van der Waals surface area contributed by atoms with Crippen LogP contribution in [0.4, 0.5) is 4.39 Å². The molecular formula is C19H15ClFNO2. The predicted octanol–water partition coefficient (Wildman–Crippen LogP) is 4.91. The summed E-state index contributed by atoms with van der Waals surface area (Å²) < 4.78 is 19.3. The molecular weight excluding hydrogens is 329 g/mol. The number of carbonyl (C=O) groups excluding carboxylic acids is 1. The summed E-state index contributed by atoms with van der Waals surface area (Å²) in [6.07, 6.45) is 1.54. The molecule has 1 heterocycles. The standard InChI is InChI=1S/C19H15ClFNO2/c20-17-9-3-2-8-16(17)19(23)22(13-15-7-5-11-24-15)12-14-6-1-4-10-18(14)21/h1-11H,12-13H2. The van der Waals surface area contributed by atoms with E-state index in [4.69, 9.17) is 16.0 Å². The fraction of sp³-hybridized carbons (Fsp3) is 0.105. The van der Waals surface area contributed by atoms with E-state index < -0.39 is 0 Å². The van der Waals surface area contributed by atoms with Crippen LogP contribution >= 0.6 is 11.6 Å². The first-order valence-corrected chi connectivity index (χ1v) is 7.82. The van der Waals surface area contributed by atoms with E-state index in [1.54, 1.807) is 54.6 Å². The highest BCUT2D eigenvalue weighted by molar-refractivity contribution is 6.33. The molecule has 122 valence electrons. The predicted molar refractivity (Wildman–Crippen MR) is 90.1 cm³/mol. The third-order valence-electron chi connectivity index (χ3n) is 3.64. The summed E-state index contributed by atoms with van der Waals surface area (Å²) in [7, 11) is 0. The zero-order valence-electron chi connectivity index (χ0n) is 12.8. The van der Waals surface area contributed by atoms with Crippen molar-refractivity contribution in [3.8, 4) is 0 Å². The summed E-state index contributed by atoms with van der Waals surface area (Å²) in [5.74, 6) is -0.0131. The number of amides is 1. The highest BCUT2D eigenvalue weighted by atomic mass is 35.5. The molecule has 0 saturated heterocycles. The van der Waals surface area contributed by atoms with Crippen molar-refractivity contribution in [1.82, 2.24) is 4.90 Å². The number of hydrogen-bond donors (Lipinski definition) is 0. The lowest BCUT2D eigenvalue weighted by molar-refractivity contribution is 0.0716. The summed E-state index contributed by atoms with van der Waals surface area (Å²) in [6.45, 7) is 0.350. The molecule has 0 bridgehead atoms. The summed E-state index contributed by atoms with van der Waals surface area (Å²) in [4.78, 5) is 14.4. The molecule has 1 amide bonds. The van der Waals surface area contributed by atoms with Crippen LogP contribution < -0.4 is 0 Å². The average Bonchev–Trinajstić information content (AvgIpc) is 3.09. The lowest BCUT2D eigenvalue weighted by Crippen LogP contribution is -2.30. The van der Waals surface area contributed by atoms with Crippen LogP contribution in [0.3, 0.4) is 0 Å². The molecule has 3 rings (SSSR count). The van der Waals surface area contributed by atoms with Crippen molar-refractivity contribution in [1.29, 1.82) is 0 Å². The molecule has 5 heteroatoms. The molecule has 0 spiro atoms. The molecule has 2 aromatic carbocycles. The van der Waals surface area contributed by atoms with E-state index in [-0.39, 0.29) is 24.8 Å². The normalized spacial score (nSPS) is 10.6. The molecule has 0 atom stereocenters. The van der Waals surface area contributed by atoms with Crippen LogP contribution in [-0.4, -0.2) is 10.8 Å². The van der Waals surface area contributed by atoms with Crippen molar-refractivity contribution in [2.24, 2.45) is 0 Å². The SMILES string of the molecule is O=C(c1ccccc1Cl)N(Cc1ccco1)Cc1ccccc1F. The van der Waals surface area contributed by atoms with E-state index in [0.29, 0.717) is 21.9 Å². The van der Waals surface area contributed by atoms with Crippen molar-refractivity contribution in [2.75, 3.05) is 0 Å². The lowest BCUT2D eigenvalue weighted by Gasteiger charge is -2.22. The van der Waals surface area contributed by atoms with Crippen LogP contribution in [0.5, 0.6) is 0 Å². The van der Waals surface area contributed by atoms with Gasteiger partial charge in [-0.15, -0.1) is 0 Å². The van der Waals surface area contributed by atoms with E-state index in [1.165, 1.54) is 17.2 Å². The van der Waals surface area contributed by atoms with Gasteiger partial charge in [-0.05, 0) is 30.3 Å². The molecule has 0 saturated carbocycles. The van der Waals surface area contributed by atoms with E-state index in [2.05, 4.69) is 0 Å². The smallest absolute Gasteiger partial charge is 0.256 e. The van der Waals surface area contributed by atoms with Gasteiger partial charge in [0.05, 0.1) is 23.4 Å². The highest BCUT2D eigenvalue weighted by Crippen LogP contribution is 2.21. The third-order valence-corrected chi connectivity index (χ3v) is 3.97. The first-order valence-electron chi connectivity index (χ1n) is 7.45. The van der Waals surface area contributed by atoms with Crippen LogP contribution in [0.2, 0.25) is 5.02 Å². The monoisotopic (exact) mass is 343 g/mol. The number of nitrogens with zero attached hydrogens (tertiary/aromatic N) is 1. The maximum absolute atomic E-state index is 14.0.